The van der Waals surface area contributed by atoms with Crippen LogP contribution in [-0.4, -0.2) is 52.3 Å². The third kappa shape index (κ3) is 10.6. The number of halogens is 1. The van der Waals surface area contributed by atoms with E-state index in [1.807, 2.05) is 24.3 Å². The van der Waals surface area contributed by atoms with Crippen molar-refractivity contribution in [3.63, 3.8) is 0 Å². The number of benzene rings is 1. The van der Waals surface area contributed by atoms with Crippen molar-refractivity contribution in [1.82, 2.24) is 10.6 Å². The second-order valence-corrected chi connectivity index (χ2v) is 7.57. The second-order valence-electron chi connectivity index (χ2n) is 5.62. The minimum atomic E-state index is -1.18. The molecular weight excluding hydrogens is 440 g/mol. The van der Waals surface area contributed by atoms with Gasteiger partial charge in [0.05, 0.1) is 0 Å². The van der Waals surface area contributed by atoms with E-state index in [4.69, 9.17) is 10.2 Å². The highest BCUT2D eigenvalue weighted by atomic mass is 79.9. The molecule has 0 saturated heterocycles. The van der Waals surface area contributed by atoms with Gasteiger partial charge in [-0.15, -0.1) is 0 Å². The maximum absolute atomic E-state index is 12.1. The minimum absolute atomic E-state index is 0.0214. The lowest BCUT2D eigenvalue weighted by atomic mass is 10.2. The highest BCUT2D eigenvalue weighted by Gasteiger charge is 2.21. The molecule has 1 aromatic rings. The number of carbonyl (C=O) groups is 4. The summed E-state index contributed by atoms with van der Waals surface area (Å²) in [5, 5.41) is 22.1. The number of nitrogens with one attached hydrogen (secondary N) is 2. The molecule has 1 aromatic carbocycles. The van der Waals surface area contributed by atoms with Gasteiger partial charge in [0.2, 0.25) is 11.8 Å². The summed E-state index contributed by atoms with van der Waals surface area (Å²) < 4.78 is 0.954. The highest BCUT2D eigenvalue weighted by molar-refractivity contribution is 9.10. The summed E-state index contributed by atoms with van der Waals surface area (Å²) >= 11 is 4.77. The normalized spacial score (nSPS) is 11.4. The molecule has 0 aliphatic heterocycles. The number of hydrogen-bond acceptors (Lipinski definition) is 5. The summed E-state index contributed by atoms with van der Waals surface area (Å²) in [6.07, 6.45) is 0.00463. The van der Waals surface area contributed by atoms with Crippen LogP contribution in [0.1, 0.15) is 24.8 Å². The van der Waals surface area contributed by atoms with Gasteiger partial charge in [-0.05, 0) is 24.1 Å². The number of carbonyl (C=O) groups excluding carboxylic acids is 2. The number of aliphatic carboxylic acids is 2. The number of hydrogen-bond donors (Lipinski definition) is 4. The zero-order valence-electron chi connectivity index (χ0n) is 14.4. The van der Waals surface area contributed by atoms with Gasteiger partial charge in [-0.3, -0.25) is 19.2 Å². The van der Waals surface area contributed by atoms with Crippen LogP contribution >= 0.6 is 27.7 Å². The molecule has 27 heavy (non-hydrogen) atoms. The van der Waals surface area contributed by atoms with E-state index in [1.165, 1.54) is 11.8 Å². The first-order valence-electron chi connectivity index (χ1n) is 8.10. The first kappa shape index (κ1) is 23.0. The van der Waals surface area contributed by atoms with Gasteiger partial charge in [-0.2, -0.15) is 11.8 Å². The number of rotatable bonds is 12. The first-order chi connectivity index (χ1) is 12.8. The summed E-state index contributed by atoms with van der Waals surface area (Å²) in [5.74, 6) is -2.35. The molecule has 1 rings (SSSR count). The summed E-state index contributed by atoms with van der Waals surface area (Å²) in [6, 6.07) is 6.76. The third-order valence-electron chi connectivity index (χ3n) is 3.33. The number of thioether (sulfide) groups is 1. The Hall–Kier alpha value is -2.07. The van der Waals surface area contributed by atoms with Crippen LogP contribution in [0.5, 0.6) is 0 Å². The van der Waals surface area contributed by atoms with Crippen LogP contribution in [0.4, 0.5) is 0 Å². The van der Waals surface area contributed by atoms with Crippen molar-refractivity contribution in [1.29, 1.82) is 0 Å². The Balaban J connectivity index is 2.56. The lowest BCUT2D eigenvalue weighted by molar-refractivity contribution is -0.138. The van der Waals surface area contributed by atoms with Gasteiger partial charge in [0.1, 0.15) is 12.6 Å². The van der Waals surface area contributed by atoms with Crippen LogP contribution in [-0.2, 0) is 24.9 Å². The molecule has 0 bridgehead atoms. The average Bonchev–Trinajstić information content (AvgIpc) is 2.60. The smallest absolute Gasteiger partial charge is 0.322 e. The number of amides is 2. The van der Waals surface area contributed by atoms with E-state index in [2.05, 4.69) is 26.6 Å². The van der Waals surface area contributed by atoms with Gasteiger partial charge in [-0.25, -0.2) is 0 Å². The van der Waals surface area contributed by atoms with Crippen LogP contribution in [0.3, 0.4) is 0 Å². The number of carboxylic acids is 2. The standard InChI is InChI=1S/C17H21BrN2O6S/c18-12-6-4-11(5-7-12)9-27-10-13(17(26)19-8-16(24)25)20-14(21)2-1-3-15(22)23/h4-7,13H,1-3,8-10H2,(H,19,26)(H,20,21)(H,22,23)(H,24,25)/t13-/m0/s1. The number of carboxylic acid groups (broad SMARTS) is 2. The Morgan fingerprint density at radius 1 is 1.04 bits per heavy atom. The quantitative estimate of drug-likeness (QED) is 0.372. The van der Waals surface area contributed by atoms with Crippen molar-refractivity contribution in [2.75, 3.05) is 12.3 Å². The van der Waals surface area contributed by atoms with E-state index in [9.17, 15) is 19.2 Å². The Labute approximate surface area is 169 Å². The maximum Gasteiger partial charge on any atom is 0.322 e. The fourth-order valence-corrected chi connectivity index (χ4v) is 3.29. The predicted molar refractivity (Wildman–Crippen MR) is 104 cm³/mol. The Morgan fingerprint density at radius 2 is 1.70 bits per heavy atom. The molecule has 0 heterocycles. The van der Waals surface area contributed by atoms with Gasteiger partial charge < -0.3 is 20.8 Å². The first-order valence-corrected chi connectivity index (χ1v) is 10.1. The molecular formula is C17H21BrN2O6S. The van der Waals surface area contributed by atoms with E-state index in [0.29, 0.717) is 5.75 Å². The van der Waals surface area contributed by atoms with Crippen LogP contribution in [0.15, 0.2) is 28.7 Å². The fraction of sp³-hybridized carbons (Fsp3) is 0.412. The lowest BCUT2D eigenvalue weighted by Gasteiger charge is -2.18. The van der Waals surface area contributed by atoms with Crippen molar-refractivity contribution in [3.05, 3.63) is 34.3 Å². The van der Waals surface area contributed by atoms with Crippen molar-refractivity contribution in [3.8, 4) is 0 Å². The maximum atomic E-state index is 12.1. The zero-order chi connectivity index (χ0) is 20.2. The molecule has 0 spiro atoms. The molecule has 148 valence electrons. The van der Waals surface area contributed by atoms with Crippen LogP contribution in [0, 0.1) is 0 Å². The molecule has 0 aliphatic rings. The van der Waals surface area contributed by atoms with Crippen LogP contribution in [0.25, 0.3) is 0 Å². The van der Waals surface area contributed by atoms with Gasteiger partial charge in [0.25, 0.3) is 0 Å². The molecule has 0 aliphatic carbocycles. The van der Waals surface area contributed by atoms with E-state index in [-0.39, 0.29) is 25.0 Å². The molecule has 10 heteroatoms. The van der Waals surface area contributed by atoms with Gasteiger partial charge in [0.15, 0.2) is 0 Å². The molecule has 1 atom stereocenters. The largest absolute Gasteiger partial charge is 0.481 e. The van der Waals surface area contributed by atoms with E-state index < -0.39 is 36.3 Å². The minimum Gasteiger partial charge on any atom is -0.481 e. The molecule has 0 fully saturated rings. The van der Waals surface area contributed by atoms with Crippen LogP contribution < -0.4 is 10.6 Å². The molecule has 0 aromatic heterocycles. The average molecular weight is 461 g/mol. The van der Waals surface area contributed by atoms with Crippen molar-refractivity contribution in [2.45, 2.75) is 31.1 Å². The second kappa shape index (κ2) is 12.3. The summed E-state index contributed by atoms with van der Waals surface area (Å²) in [6.45, 7) is -0.540. The molecule has 0 radical (unpaired) electrons. The monoisotopic (exact) mass is 460 g/mol. The molecule has 0 saturated carbocycles. The van der Waals surface area contributed by atoms with E-state index >= 15 is 0 Å². The topological polar surface area (TPSA) is 133 Å². The van der Waals surface area contributed by atoms with Gasteiger partial charge in [0, 0.05) is 28.8 Å². The van der Waals surface area contributed by atoms with Gasteiger partial charge in [-0.1, -0.05) is 28.1 Å². The van der Waals surface area contributed by atoms with E-state index in [1.54, 1.807) is 0 Å². The zero-order valence-corrected chi connectivity index (χ0v) is 16.8. The SMILES string of the molecule is O=C(O)CCCC(=O)N[C@@H](CSCc1ccc(Br)cc1)C(=O)NCC(=O)O. The van der Waals surface area contributed by atoms with Crippen molar-refractivity contribution in [2.24, 2.45) is 0 Å². The summed E-state index contributed by atoms with van der Waals surface area (Å²) in [4.78, 5) is 45.2. The predicted octanol–water partition coefficient (Wildman–Crippen LogP) is 1.62. The Kier molecular flexibility index (Phi) is 10.5. The third-order valence-corrected chi connectivity index (χ3v) is 4.96. The van der Waals surface area contributed by atoms with E-state index in [0.717, 1.165) is 10.0 Å². The summed E-state index contributed by atoms with van der Waals surface area (Å²) in [5.41, 5.74) is 1.04. The lowest BCUT2D eigenvalue weighted by Crippen LogP contribution is -2.49. The van der Waals surface area contributed by atoms with Crippen molar-refractivity contribution >= 4 is 51.4 Å². The highest BCUT2D eigenvalue weighted by Crippen LogP contribution is 2.16. The fourth-order valence-electron chi connectivity index (χ4n) is 2.01. The molecule has 2 amide bonds. The molecule has 0 unspecified atom stereocenters. The summed E-state index contributed by atoms with van der Waals surface area (Å²) in [7, 11) is 0. The Morgan fingerprint density at radius 3 is 2.30 bits per heavy atom. The Bertz CT molecular complexity index is 668. The van der Waals surface area contributed by atoms with Crippen LogP contribution in [0.2, 0.25) is 0 Å². The van der Waals surface area contributed by atoms with Gasteiger partial charge >= 0.3 is 11.9 Å². The van der Waals surface area contributed by atoms with Crippen molar-refractivity contribution < 1.29 is 29.4 Å². The molecule has 8 nitrogen and oxygen atoms in total. The molecule has 4 N–H and O–H groups in total.